The van der Waals surface area contributed by atoms with E-state index in [1.165, 1.54) is 11.1 Å². The normalized spacial score (nSPS) is 10.3. The minimum Gasteiger partial charge on any atom is -0.491 e. The first-order valence-corrected chi connectivity index (χ1v) is 6.05. The molecule has 18 heavy (non-hydrogen) atoms. The highest BCUT2D eigenvalue weighted by molar-refractivity contribution is 5.63. The van der Waals surface area contributed by atoms with Crippen LogP contribution >= 0.6 is 0 Å². The maximum Gasteiger partial charge on any atom is 0.119 e. The number of ether oxygens (including phenoxy) is 2. The van der Waals surface area contributed by atoms with Gasteiger partial charge in [-0.05, 0) is 30.2 Å². The summed E-state index contributed by atoms with van der Waals surface area (Å²) in [5.74, 6) is 0.863. The summed E-state index contributed by atoms with van der Waals surface area (Å²) >= 11 is 0. The standard InChI is InChI=1S/C16H17O2/c1-2-17-12-13-18-16-10-8-15(9-11-16)14-6-4-3-5-7-14/h3-11H,1-2,12-13H2. The van der Waals surface area contributed by atoms with Crippen molar-refractivity contribution in [3.05, 3.63) is 61.5 Å². The number of hydrogen-bond donors (Lipinski definition) is 0. The molecule has 0 heterocycles. The third-order valence-corrected chi connectivity index (χ3v) is 2.60. The van der Waals surface area contributed by atoms with Crippen LogP contribution in [0.5, 0.6) is 5.75 Å². The molecular formula is C16H17O2. The topological polar surface area (TPSA) is 18.5 Å². The van der Waals surface area contributed by atoms with Gasteiger partial charge < -0.3 is 9.47 Å². The Morgan fingerprint density at radius 1 is 0.778 bits per heavy atom. The summed E-state index contributed by atoms with van der Waals surface area (Å²) in [6.07, 6.45) is 0. The van der Waals surface area contributed by atoms with Crippen molar-refractivity contribution in [3.63, 3.8) is 0 Å². The molecule has 0 aliphatic rings. The largest absolute Gasteiger partial charge is 0.491 e. The van der Waals surface area contributed by atoms with Gasteiger partial charge in [0.2, 0.25) is 0 Å². The van der Waals surface area contributed by atoms with Crippen LogP contribution in [0.4, 0.5) is 0 Å². The first-order chi connectivity index (χ1) is 8.90. The summed E-state index contributed by atoms with van der Waals surface area (Å²) < 4.78 is 10.7. The smallest absolute Gasteiger partial charge is 0.119 e. The van der Waals surface area contributed by atoms with E-state index in [1.807, 2.05) is 30.3 Å². The van der Waals surface area contributed by atoms with Gasteiger partial charge >= 0.3 is 0 Å². The Kier molecular flexibility index (Phi) is 4.79. The van der Waals surface area contributed by atoms with Gasteiger partial charge in [0.1, 0.15) is 12.4 Å². The van der Waals surface area contributed by atoms with E-state index in [-0.39, 0.29) is 0 Å². The summed E-state index contributed by atoms with van der Waals surface area (Å²) in [5, 5.41) is 0. The monoisotopic (exact) mass is 241 g/mol. The highest BCUT2D eigenvalue weighted by atomic mass is 16.5. The Balaban J connectivity index is 1.94. The number of hydrogen-bond acceptors (Lipinski definition) is 2. The van der Waals surface area contributed by atoms with Crippen LogP contribution < -0.4 is 4.74 Å². The molecule has 0 aromatic heterocycles. The van der Waals surface area contributed by atoms with E-state index in [0.29, 0.717) is 19.8 Å². The maximum absolute atomic E-state index is 5.55. The molecule has 2 aromatic rings. The Labute approximate surface area is 108 Å². The summed E-state index contributed by atoms with van der Waals surface area (Å²) in [4.78, 5) is 0. The van der Waals surface area contributed by atoms with Crippen molar-refractivity contribution in [2.75, 3.05) is 19.8 Å². The maximum atomic E-state index is 5.55. The van der Waals surface area contributed by atoms with E-state index in [2.05, 4.69) is 31.2 Å². The second-order valence-corrected chi connectivity index (χ2v) is 3.85. The Bertz CT molecular complexity index is 448. The molecule has 0 aliphatic heterocycles. The van der Waals surface area contributed by atoms with Gasteiger partial charge in [-0.25, -0.2) is 0 Å². The lowest BCUT2D eigenvalue weighted by atomic mass is 10.1. The van der Waals surface area contributed by atoms with Gasteiger partial charge in [-0.3, -0.25) is 0 Å². The molecule has 2 heteroatoms. The first-order valence-electron chi connectivity index (χ1n) is 6.05. The second kappa shape index (κ2) is 6.82. The molecule has 0 fully saturated rings. The quantitative estimate of drug-likeness (QED) is 0.720. The summed E-state index contributed by atoms with van der Waals surface area (Å²) in [5.41, 5.74) is 2.40. The van der Waals surface area contributed by atoms with Gasteiger partial charge in [-0.2, -0.15) is 0 Å². The van der Waals surface area contributed by atoms with Crippen molar-refractivity contribution in [2.45, 2.75) is 0 Å². The third-order valence-electron chi connectivity index (χ3n) is 2.60. The summed E-state index contributed by atoms with van der Waals surface area (Å²) in [6.45, 7) is 5.21. The highest BCUT2D eigenvalue weighted by Crippen LogP contribution is 2.21. The second-order valence-electron chi connectivity index (χ2n) is 3.85. The average Bonchev–Trinajstić information content (AvgIpc) is 2.45. The Hall–Kier alpha value is -1.80. The highest BCUT2D eigenvalue weighted by Gasteiger charge is 1.97. The van der Waals surface area contributed by atoms with Crippen LogP contribution in [0.3, 0.4) is 0 Å². The zero-order chi connectivity index (χ0) is 12.6. The lowest BCUT2D eigenvalue weighted by Gasteiger charge is -2.07. The molecule has 0 spiro atoms. The van der Waals surface area contributed by atoms with E-state index in [9.17, 15) is 0 Å². The van der Waals surface area contributed by atoms with Crippen molar-refractivity contribution in [3.8, 4) is 16.9 Å². The van der Waals surface area contributed by atoms with Crippen LogP contribution in [0.2, 0.25) is 0 Å². The molecule has 0 bridgehead atoms. The van der Waals surface area contributed by atoms with Crippen LogP contribution in [0.1, 0.15) is 0 Å². The van der Waals surface area contributed by atoms with Crippen LogP contribution in [-0.2, 0) is 4.74 Å². The number of benzene rings is 2. The number of rotatable bonds is 6. The van der Waals surface area contributed by atoms with Gasteiger partial charge in [0.05, 0.1) is 6.61 Å². The van der Waals surface area contributed by atoms with E-state index < -0.39 is 0 Å². The Morgan fingerprint density at radius 2 is 1.44 bits per heavy atom. The fourth-order valence-corrected chi connectivity index (χ4v) is 1.69. The van der Waals surface area contributed by atoms with E-state index in [0.717, 1.165) is 5.75 Å². The van der Waals surface area contributed by atoms with E-state index in [4.69, 9.17) is 9.47 Å². The lowest BCUT2D eigenvalue weighted by Crippen LogP contribution is -2.06. The van der Waals surface area contributed by atoms with E-state index in [1.54, 1.807) is 0 Å². The van der Waals surface area contributed by atoms with Crippen molar-refractivity contribution in [1.29, 1.82) is 0 Å². The SMILES string of the molecule is [CH2]COCCOc1ccc(-c2ccccc2)cc1. The fourth-order valence-electron chi connectivity index (χ4n) is 1.69. The zero-order valence-corrected chi connectivity index (χ0v) is 10.3. The molecule has 0 amide bonds. The van der Waals surface area contributed by atoms with E-state index >= 15 is 0 Å². The van der Waals surface area contributed by atoms with Crippen LogP contribution in [0, 0.1) is 6.92 Å². The molecule has 93 valence electrons. The van der Waals surface area contributed by atoms with Gasteiger partial charge in [-0.1, -0.05) is 42.5 Å². The Morgan fingerprint density at radius 3 is 2.11 bits per heavy atom. The molecule has 0 aliphatic carbocycles. The zero-order valence-electron chi connectivity index (χ0n) is 10.3. The average molecular weight is 241 g/mol. The molecule has 2 aromatic carbocycles. The first kappa shape index (κ1) is 12.7. The predicted molar refractivity (Wildman–Crippen MR) is 73.5 cm³/mol. The summed E-state index contributed by atoms with van der Waals surface area (Å²) in [6, 6.07) is 18.4. The van der Waals surface area contributed by atoms with Crippen molar-refractivity contribution in [2.24, 2.45) is 0 Å². The van der Waals surface area contributed by atoms with Gasteiger partial charge in [0.25, 0.3) is 0 Å². The molecule has 0 unspecified atom stereocenters. The molecule has 0 atom stereocenters. The molecule has 2 nitrogen and oxygen atoms in total. The molecule has 0 saturated heterocycles. The van der Waals surface area contributed by atoms with Gasteiger partial charge in [-0.15, -0.1) is 0 Å². The van der Waals surface area contributed by atoms with Crippen LogP contribution in [0.25, 0.3) is 11.1 Å². The minimum absolute atomic E-state index is 0.482. The van der Waals surface area contributed by atoms with Crippen molar-refractivity contribution < 1.29 is 9.47 Å². The lowest BCUT2D eigenvalue weighted by molar-refractivity contribution is 0.120. The molecule has 0 N–H and O–H groups in total. The van der Waals surface area contributed by atoms with Crippen LogP contribution in [0.15, 0.2) is 54.6 Å². The van der Waals surface area contributed by atoms with Gasteiger partial charge in [0.15, 0.2) is 0 Å². The molecule has 0 saturated carbocycles. The molecule has 2 rings (SSSR count). The van der Waals surface area contributed by atoms with Gasteiger partial charge in [0, 0.05) is 6.61 Å². The summed E-state index contributed by atoms with van der Waals surface area (Å²) in [7, 11) is 0. The predicted octanol–water partition coefficient (Wildman–Crippen LogP) is 3.58. The molecule has 1 radical (unpaired) electrons. The van der Waals surface area contributed by atoms with Crippen molar-refractivity contribution >= 4 is 0 Å². The van der Waals surface area contributed by atoms with Crippen LogP contribution in [-0.4, -0.2) is 19.8 Å². The third kappa shape index (κ3) is 3.60. The fraction of sp³-hybridized carbons (Fsp3) is 0.188. The van der Waals surface area contributed by atoms with Crippen molar-refractivity contribution in [1.82, 2.24) is 0 Å². The minimum atomic E-state index is 0.482. The molecular weight excluding hydrogens is 224 g/mol.